The van der Waals surface area contributed by atoms with Crippen molar-refractivity contribution in [2.45, 2.75) is 30.6 Å². The van der Waals surface area contributed by atoms with Gasteiger partial charge in [-0.1, -0.05) is 17.3 Å². The van der Waals surface area contributed by atoms with Crippen LogP contribution >= 0.6 is 23.1 Å². The molecule has 2 atom stereocenters. The molecule has 45 heavy (non-hydrogen) atoms. The molecule has 0 spiro atoms. The van der Waals surface area contributed by atoms with Crippen LogP contribution in [0.4, 0.5) is 22.7 Å². The number of benzene rings is 1. The fraction of sp³-hybridized carbons (Fsp3) is 0.269. The van der Waals surface area contributed by atoms with E-state index < -0.39 is 64.5 Å². The van der Waals surface area contributed by atoms with Crippen molar-refractivity contribution in [3.63, 3.8) is 0 Å². The molecule has 3 amide bonds. The maximum Gasteiger partial charge on any atom is 0.491 e. The molecule has 2 fully saturated rings. The highest BCUT2D eigenvalue weighted by Gasteiger charge is 2.55. The topological polar surface area (TPSA) is 185 Å². The Labute approximate surface area is 258 Å². The number of fused-ring (bicyclic) bond motifs is 1. The van der Waals surface area contributed by atoms with E-state index in [9.17, 15) is 46.7 Å². The first-order valence-electron chi connectivity index (χ1n) is 12.8. The van der Waals surface area contributed by atoms with Gasteiger partial charge < -0.3 is 25.9 Å². The number of alkyl halides is 3. The van der Waals surface area contributed by atoms with Crippen LogP contribution in [0.5, 0.6) is 0 Å². The summed E-state index contributed by atoms with van der Waals surface area (Å²) < 4.78 is 56.4. The van der Waals surface area contributed by atoms with Gasteiger partial charge in [0.1, 0.15) is 28.6 Å². The van der Waals surface area contributed by atoms with Crippen LogP contribution in [-0.4, -0.2) is 85.3 Å². The van der Waals surface area contributed by atoms with E-state index in [0.717, 1.165) is 28.0 Å². The Balaban J connectivity index is 1.40. The van der Waals surface area contributed by atoms with Crippen molar-refractivity contribution in [2.75, 3.05) is 18.0 Å². The van der Waals surface area contributed by atoms with E-state index in [-0.39, 0.29) is 47.2 Å². The molecule has 13 nitrogen and oxygen atoms in total. The molecule has 4 heterocycles. The zero-order valence-corrected chi connectivity index (χ0v) is 24.2. The van der Waals surface area contributed by atoms with E-state index in [0.29, 0.717) is 5.56 Å². The normalized spacial score (nSPS) is 21.2. The highest BCUT2D eigenvalue weighted by Crippen LogP contribution is 2.42. The Morgan fingerprint density at radius 3 is 2.67 bits per heavy atom. The van der Waals surface area contributed by atoms with Gasteiger partial charge in [-0.05, 0) is 35.8 Å². The van der Waals surface area contributed by atoms with Crippen molar-refractivity contribution in [3.8, 4) is 0 Å². The summed E-state index contributed by atoms with van der Waals surface area (Å²) in [5.74, 6) is -7.72. The number of esters is 2. The van der Waals surface area contributed by atoms with Crippen LogP contribution in [0.2, 0.25) is 0 Å². The van der Waals surface area contributed by atoms with Crippen LogP contribution in [0.1, 0.15) is 17.7 Å². The fourth-order valence-electron chi connectivity index (χ4n) is 4.77. The predicted molar refractivity (Wildman–Crippen MR) is 149 cm³/mol. The molecular formula is C26H20F4N6O7S2. The average molecular weight is 669 g/mol. The van der Waals surface area contributed by atoms with Gasteiger partial charge in [-0.15, -0.1) is 23.1 Å². The van der Waals surface area contributed by atoms with Gasteiger partial charge in [0.2, 0.25) is 5.91 Å². The third kappa shape index (κ3) is 6.39. The number of halogens is 4. The second-order valence-corrected chi connectivity index (χ2v) is 11.7. The van der Waals surface area contributed by atoms with E-state index >= 15 is 0 Å². The summed E-state index contributed by atoms with van der Waals surface area (Å²) in [6.07, 6.45) is -4.12. The summed E-state index contributed by atoms with van der Waals surface area (Å²) >= 11 is 1.95. The number of thioether (sulfide) groups is 1. The number of nitrogens with two attached hydrogens (primary N) is 1. The number of carbonyl (C=O) groups is 5. The largest absolute Gasteiger partial charge is 0.491 e. The summed E-state index contributed by atoms with van der Waals surface area (Å²) in [4.78, 5) is 69.5. The lowest BCUT2D eigenvalue weighted by molar-refractivity contribution is -0.201. The van der Waals surface area contributed by atoms with E-state index in [2.05, 4.69) is 20.2 Å². The number of β-lactam (4-membered cyclic amide) rings is 1. The monoisotopic (exact) mass is 668 g/mol. The first-order chi connectivity index (χ1) is 21.3. The van der Waals surface area contributed by atoms with E-state index in [1.165, 1.54) is 34.6 Å². The molecule has 0 unspecified atom stereocenters. The minimum atomic E-state index is -5.52. The van der Waals surface area contributed by atoms with Crippen LogP contribution in [-0.2, 0) is 35.3 Å². The summed E-state index contributed by atoms with van der Waals surface area (Å²) in [6.45, 7) is 0.282. The van der Waals surface area contributed by atoms with Crippen molar-refractivity contribution in [3.05, 3.63) is 69.6 Å². The zero-order valence-electron chi connectivity index (χ0n) is 22.5. The van der Waals surface area contributed by atoms with Crippen LogP contribution in [0.3, 0.4) is 0 Å². The van der Waals surface area contributed by atoms with Gasteiger partial charge in [-0.3, -0.25) is 19.3 Å². The summed E-state index contributed by atoms with van der Waals surface area (Å²) in [5.41, 5.74) is 4.76. The van der Waals surface area contributed by atoms with Gasteiger partial charge in [0, 0.05) is 29.8 Å². The maximum atomic E-state index is 13.6. The van der Waals surface area contributed by atoms with Crippen molar-refractivity contribution in [1.29, 1.82) is 0 Å². The second kappa shape index (κ2) is 12.3. The molecule has 4 N–H and O–H groups in total. The number of anilines is 1. The molecule has 2 saturated heterocycles. The molecule has 0 bridgehead atoms. The van der Waals surface area contributed by atoms with Crippen molar-refractivity contribution in [2.24, 2.45) is 5.16 Å². The Morgan fingerprint density at radius 2 is 2.02 bits per heavy atom. The summed E-state index contributed by atoms with van der Waals surface area (Å²) in [6, 6.07) is 4.27. The van der Waals surface area contributed by atoms with Crippen molar-refractivity contribution in [1.82, 2.24) is 20.1 Å². The first-order valence-corrected chi connectivity index (χ1v) is 14.7. The number of nitrogen functional groups attached to an aromatic ring is 1. The van der Waals surface area contributed by atoms with Crippen molar-refractivity contribution < 1.29 is 51.5 Å². The summed E-state index contributed by atoms with van der Waals surface area (Å²) in [5, 5.41) is 14.9. The summed E-state index contributed by atoms with van der Waals surface area (Å²) in [7, 11) is 0. The molecule has 3 aliphatic heterocycles. The zero-order chi connectivity index (χ0) is 32.6. The third-order valence-electron chi connectivity index (χ3n) is 6.80. The smallest absolute Gasteiger partial charge is 0.410 e. The number of allylic oxidation sites excluding steroid dienone is 1. The average Bonchev–Trinajstić information content (AvgIpc) is 3.56. The number of aromatic nitrogens is 1. The van der Waals surface area contributed by atoms with Gasteiger partial charge in [-0.2, -0.15) is 13.2 Å². The number of likely N-dealkylation sites (tertiary alicyclic amines) is 1. The lowest BCUT2D eigenvalue weighted by atomic mass is 10.0. The molecule has 1 aromatic carbocycles. The van der Waals surface area contributed by atoms with Gasteiger partial charge in [-0.25, -0.2) is 19.0 Å². The Morgan fingerprint density at radius 1 is 1.27 bits per heavy atom. The van der Waals surface area contributed by atoms with Crippen molar-refractivity contribution >= 4 is 63.6 Å². The SMILES string of the molecule is Nc1nc(/C(=N/O)C(=O)N[C@@H]2C(=O)N3C(C(=O)OC(=O)C(F)(F)F)=C(C=C4CCN(Cc5cccc(F)c5)C4=O)CS[C@H]23)cs1. The minimum absolute atomic E-state index is 0.0638. The van der Waals surface area contributed by atoms with E-state index in [4.69, 9.17) is 5.73 Å². The van der Waals surface area contributed by atoms with Crippen LogP contribution in [0.25, 0.3) is 0 Å². The Bertz CT molecular complexity index is 1710. The molecular weight excluding hydrogens is 648 g/mol. The highest BCUT2D eigenvalue weighted by atomic mass is 32.2. The van der Waals surface area contributed by atoms with E-state index in [1.807, 2.05) is 0 Å². The number of rotatable bonds is 7. The van der Waals surface area contributed by atoms with Gasteiger partial charge in [0.05, 0.1) is 0 Å². The molecule has 2 aromatic rings. The maximum absolute atomic E-state index is 13.6. The Kier molecular flexibility index (Phi) is 8.66. The lowest BCUT2D eigenvalue weighted by Crippen LogP contribution is -2.71. The van der Waals surface area contributed by atoms with E-state index in [1.54, 1.807) is 6.07 Å². The molecule has 236 valence electrons. The standard InChI is InChI=1S/C26H20F4N6O7S2/c27-14-3-1-2-11(6-14)8-35-5-4-12(20(35)38)7-13-9-44-22-17(33-19(37)16(34-42)15-10-45-25(31)32-15)21(39)36(22)18(13)23(40)43-24(41)26(28,29)30/h1-3,6-7,10,17,22,42H,4-5,8-9H2,(H2,31,32)(H,33,37)/b12-7?,34-16-/t17-,22-/m1/s1. The molecule has 5 rings (SSSR count). The molecule has 3 aliphatic rings. The number of oxime groups is 1. The number of hydrogen-bond acceptors (Lipinski definition) is 12. The molecule has 0 aliphatic carbocycles. The first kappa shape index (κ1) is 31.6. The number of hydrogen-bond donors (Lipinski definition) is 3. The lowest BCUT2D eigenvalue weighted by Gasteiger charge is -2.49. The minimum Gasteiger partial charge on any atom is -0.410 e. The van der Waals surface area contributed by atoms with Crippen LogP contribution in [0, 0.1) is 5.82 Å². The number of nitrogens with zero attached hydrogens (tertiary/aromatic N) is 4. The predicted octanol–water partition coefficient (Wildman–Crippen LogP) is 1.69. The van der Waals surface area contributed by atoms with Crippen LogP contribution in [0.15, 0.2) is 57.7 Å². The number of nitrogens with one attached hydrogen (secondary N) is 1. The highest BCUT2D eigenvalue weighted by molar-refractivity contribution is 8.00. The number of ether oxygens (including phenoxy) is 1. The second-order valence-electron chi connectivity index (χ2n) is 9.71. The molecule has 0 saturated carbocycles. The molecule has 1 aromatic heterocycles. The number of carbonyl (C=O) groups excluding carboxylic acids is 5. The molecule has 0 radical (unpaired) electrons. The van der Waals surface area contributed by atoms with Crippen LogP contribution < -0.4 is 11.1 Å². The number of amides is 3. The molecule has 19 heteroatoms. The van der Waals surface area contributed by atoms with Gasteiger partial charge >= 0.3 is 18.1 Å². The Hall–Kier alpha value is -4.78. The number of thiazole rings is 1. The fourth-order valence-corrected chi connectivity index (χ4v) is 6.62. The van der Waals surface area contributed by atoms with Gasteiger partial charge in [0.25, 0.3) is 11.8 Å². The third-order valence-corrected chi connectivity index (χ3v) is 8.77. The quantitative estimate of drug-likeness (QED) is 0.0574. The van der Waals surface area contributed by atoms with Gasteiger partial charge in [0.15, 0.2) is 10.8 Å².